The van der Waals surface area contributed by atoms with Crippen molar-refractivity contribution in [2.45, 2.75) is 386 Å². The maximum Gasteiger partial charge on any atom is 0.306 e. The Balaban J connectivity index is 4.19. The van der Waals surface area contributed by atoms with Crippen molar-refractivity contribution in [3.8, 4) is 0 Å². The van der Waals surface area contributed by atoms with Crippen molar-refractivity contribution >= 4 is 17.9 Å². The van der Waals surface area contributed by atoms with Crippen molar-refractivity contribution in [3.63, 3.8) is 0 Å². The number of allylic oxidation sites excluding steroid dienone is 6. The van der Waals surface area contributed by atoms with Gasteiger partial charge in [0.2, 0.25) is 0 Å². The minimum Gasteiger partial charge on any atom is -0.462 e. The van der Waals surface area contributed by atoms with Crippen LogP contribution in [0.15, 0.2) is 36.5 Å². The van der Waals surface area contributed by atoms with Gasteiger partial charge in [-0.2, -0.15) is 0 Å². The summed E-state index contributed by atoms with van der Waals surface area (Å²) in [6.45, 7) is 6.70. The number of esters is 3. The number of carbonyl (C=O) groups is 3. The van der Waals surface area contributed by atoms with Crippen molar-refractivity contribution in [3.05, 3.63) is 36.5 Å². The summed E-state index contributed by atoms with van der Waals surface area (Å²) < 4.78 is 17.0. The molecule has 0 aromatic rings. The van der Waals surface area contributed by atoms with Crippen molar-refractivity contribution in [2.75, 3.05) is 13.2 Å². The molecule has 1 atom stereocenters. The standard InChI is InChI=1S/C71H132O6/c1-4-7-10-13-16-19-22-25-28-30-31-32-33-34-35-36-37-38-39-40-41-42-44-46-49-52-55-58-61-64-70(73)76-67-68(66-75-69(72)63-60-57-54-51-48-45-27-24-21-18-15-12-9-6-3)77-71(74)65-62-59-56-53-50-47-43-29-26-23-20-17-14-11-8-5-2/h22,25,30-31,33-34,68H,4-21,23-24,26-29,32,35-67H2,1-3H3/b25-22-,31-30-,34-33-. The predicted molar refractivity (Wildman–Crippen MR) is 335 cm³/mol. The third kappa shape index (κ3) is 64.3. The molecular formula is C71H132O6. The monoisotopic (exact) mass is 1080 g/mol. The molecule has 0 aliphatic carbocycles. The predicted octanol–water partition coefficient (Wildman–Crippen LogP) is 23.6. The van der Waals surface area contributed by atoms with Gasteiger partial charge >= 0.3 is 17.9 Å². The van der Waals surface area contributed by atoms with Gasteiger partial charge in [0, 0.05) is 19.3 Å². The van der Waals surface area contributed by atoms with Gasteiger partial charge in [-0.25, -0.2) is 0 Å². The van der Waals surface area contributed by atoms with Gasteiger partial charge in [-0.15, -0.1) is 0 Å². The minimum absolute atomic E-state index is 0.0652. The van der Waals surface area contributed by atoms with Crippen LogP contribution in [0.1, 0.15) is 380 Å². The Kier molecular flexibility index (Phi) is 64.1. The molecule has 0 aromatic heterocycles. The highest BCUT2D eigenvalue weighted by atomic mass is 16.6. The molecule has 77 heavy (non-hydrogen) atoms. The second-order valence-corrected chi connectivity index (χ2v) is 23.5. The number of rotatable bonds is 64. The highest BCUT2D eigenvalue weighted by molar-refractivity contribution is 5.71. The highest BCUT2D eigenvalue weighted by Gasteiger charge is 2.19. The van der Waals surface area contributed by atoms with Crippen LogP contribution in [0.4, 0.5) is 0 Å². The number of ether oxygens (including phenoxy) is 3. The Labute approximate surface area is 480 Å². The Morgan fingerprint density at radius 1 is 0.260 bits per heavy atom. The molecule has 0 bridgehead atoms. The number of unbranched alkanes of at least 4 members (excludes halogenated alkanes) is 47. The van der Waals surface area contributed by atoms with Gasteiger partial charge in [0.05, 0.1) is 0 Å². The van der Waals surface area contributed by atoms with E-state index in [-0.39, 0.29) is 31.1 Å². The van der Waals surface area contributed by atoms with Crippen LogP contribution in [0.3, 0.4) is 0 Å². The first-order chi connectivity index (χ1) is 38.0. The lowest BCUT2D eigenvalue weighted by molar-refractivity contribution is -0.167. The molecule has 452 valence electrons. The minimum atomic E-state index is -0.768. The summed E-state index contributed by atoms with van der Waals surface area (Å²) in [6.07, 6.45) is 81.6. The normalized spacial score (nSPS) is 12.2. The van der Waals surface area contributed by atoms with Crippen LogP contribution < -0.4 is 0 Å². The fraction of sp³-hybridized carbons (Fsp3) is 0.873. The number of hydrogen-bond donors (Lipinski definition) is 0. The zero-order chi connectivity index (χ0) is 55.7. The molecule has 0 amide bonds. The van der Waals surface area contributed by atoms with Gasteiger partial charge in [0.1, 0.15) is 13.2 Å². The second-order valence-electron chi connectivity index (χ2n) is 23.5. The Hall–Kier alpha value is -2.37. The molecule has 6 heteroatoms. The molecular weight excluding hydrogens is 949 g/mol. The molecule has 0 rings (SSSR count). The zero-order valence-corrected chi connectivity index (χ0v) is 52.0. The van der Waals surface area contributed by atoms with Gasteiger partial charge in [-0.1, -0.05) is 340 Å². The van der Waals surface area contributed by atoms with Crippen LogP contribution in [0.2, 0.25) is 0 Å². The lowest BCUT2D eigenvalue weighted by Crippen LogP contribution is -2.30. The summed E-state index contributed by atoms with van der Waals surface area (Å²) in [5.41, 5.74) is 0. The first kappa shape index (κ1) is 74.6. The van der Waals surface area contributed by atoms with Crippen molar-refractivity contribution in [2.24, 2.45) is 0 Å². The van der Waals surface area contributed by atoms with E-state index in [1.165, 1.54) is 270 Å². The summed E-state index contributed by atoms with van der Waals surface area (Å²) >= 11 is 0. The molecule has 0 heterocycles. The van der Waals surface area contributed by atoms with Crippen LogP contribution in [0, 0.1) is 0 Å². The van der Waals surface area contributed by atoms with Gasteiger partial charge in [-0.3, -0.25) is 14.4 Å². The van der Waals surface area contributed by atoms with E-state index in [2.05, 4.69) is 57.2 Å². The molecule has 0 radical (unpaired) electrons. The smallest absolute Gasteiger partial charge is 0.306 e. The summed E-state index contributed by atoms with van der Waals surface area (Å²) in [7, 11) is 0. The second kappa shape index (κ2) is 66.1. The van der Waals surface area contributed by atoms with Crippen LogP contribution >= 0.6 is 0 Å². The van der Waals surface area contributed by atoms with Crippen LogP contribution in [0.5, 0.6) is 0 Å². The Morgan fingerprint density at radius 2 is 0.468 bits per heavy atom. The fourth-order valence-electron chi connectivity index (χ4n) is 10.5. The van der Waals surface area contributed by atoms with Crippen LogP contribution in [0.25, 0.3) is 0 Å². The molecule has 6 nitrogen and oxygen atoms in total. The largest absolute Gasteiger partial charge is 0.462 e. The third-order valence-corrected chi connectivity index (χ3v) is 15.6. The van der Waals surface area contributed by atoms with E-state index < -0.39 is 6.10 Å². The summed E-state index contributed by atoms with van der Waals surface area (Å²) in [5.74, 6) is -0.836. The van der Waals surface area contributed by atoms with E-state index in [1.54, 1.807) is 0 Å². The molecule has 0 saturated carbocycles. The van der Waals surface area contributed by atoms with E-state index in [1.807, 2.05) is 0 Å². The van der Waals surface area contributed by atoms with E-state index >= 15 is 0 Å². The van der Waals surface area contributed by atoms with Gasteiger partial charge in [-0.05, 0) is 57.8 Å². The quantitative estimate of drug-likeness (QED) is 0.0261. The average Bonchev–Trinajstić information content (AvgIpc) is 3.43. The zero-order valence-electron chi connectivity index (χ0n) is 52.0. The molecule has 0 spiro atoms. The highest BCUT2D eigenvalue weighted by Crippen LogP contribution is 2.18. The molecule has 0 N–H and O–H groups in total. The van der Waals surface area contributed by atoms with Gasteiger partial charge < -0.3 is 14.2 Å². The van der Waals surface area contributed by atoms with E-state index in [9.17, 15) is 14.4 Å². The molecule has 0 aromatic carbocycles. The van der Waals surface area contributed by atoms with Crippen molar-refractivity contribution in [1.29, 1.82) is 0 Å². The maximum atomic E-state index is 12.9. The number of carbonyl (C=O) groups excluding carboxylic acids is 3. The van der Waals surface area contributed by atoms with Crippen LogP contribution in [-0.2, 0) is 28.6 Å². The Morgan fingerprint density at radius 3 is 0.727 bits per heavy atom. The molecule has 0 saturated heterocycles. The lowest BCUT2D eigenvalue weighted by atomic mass is 10.0. The summed E-state index contributed by atoms with van der Waals surface area (Å²) in [4.78, 5) is 38.4. The lowest BCUT2D eigenvalue weighted by Gasteiger charge is -2.18. The topological polar surface area (TPSA) is 78.9 Å². The van der Waals surface area contributed by atoms with Crippen molar-refractivity contribution in [1.82, 2.24) is 0 Å². The molecule has 0 fully saturated rings. The summed E-state index contributed by atoms with van der Waals surface area (Å²) in [5, 5.41) is 0. The molecule has 1 unspecified atom stereocenters. The summed E-state index contributed by atoms with van der Waals surface area (Å²) in [6, 6.07) is 0. The van der Waals surface area contributed by atoms with Crippen molar-refractivity contribution < 1.29 is 28.6 Å². The number of hydrogen-bond acceptors (Lipinski definition) is 6. The van der Waals surface area contributed by atoms with Gasteiger partial charge in [0.15, 0.2) is 6.10 Å². The SMILES string of the molecule is CCCCCCC/C=C\C/C=C\C/C=C\CCCCCCCCCCCCCCCCC(=O)OCC(COC(=O)CCCCCCCCCCCCCCCC)OC(=O)CCCCCCCCCCCCCCCCCC. The Bertz CT molecular complexity index is 1290. The maximum absolute atomic E-state index is 12.9. The third-order valence-electron chi connectivity index (χ3n) is 15.6. The van der Waals surface area contributed by atoms with E-state index in [0.29, 0.717) is 19.3 Å². The van der Waals surface area contributed by atoms with Gasteiger partial charge in [0.25, 0.3) is 0 Å². The van der Waals surface area contributed by atoms with Crippen LogP contribution in [-0.4, -0.2) is 37.2 Å². The van der Waals surface area contributed by atoms with E-state index in [4.69, 9.17) is 14.2 Å². The molecule has 0 aliphatic rings. The fourth-order valence-corrected chi connectivity index (χ4v) is 10.5. The van der Waals surface area contributed by atoms with E-state index in [0.717, 1.165) is 70.6 Å². The first-order valence-electron chi connectivity index (χ1n) is 34.5. The first-order valence-corrected chi connectivity index (χ1v) is 34.5. The molecule has 0 aliphatic heterocycles. The average molecular weight is 1080 g/mol.